The number of amides is 1. The molecule has 2 aromatic rings. The maximum Gasteiger partial charge on any atom is 0.226 e. The summed E-state index contributed by atoms with van der Waals surface area (Å²) >= 11 is 0. The first kappa shape index (κ1) is 19.2. The minimum absolute atomic E-state index is 0.0416. The van der Waals surface area contributed by atoms with Crippen LogP contribution in [0.5, 0.6) is 0 Å². The van der Waals surface area contributed by atoms with Gasteiger partial charge in [0.2, 0.25) is 11.9 Å². The molecule has 162 valence electrons. The number of hydrogen-bond acceptors (Lipinski definition) is 6. The second-order valence-electron chi connectivity index (χ2n) is 9.25. The number of carbonyl (C=O) groups is 1. The van der Waals surface area contributed by atoms with E-state index in [0.717, 1.165) is 49.7 Å². The Morgan fingerprint density at radius 3 is 2.58 bits per heavy atom. The van der Waals surface area contributed by atoms with Crippen LogP contribution < -0.4 is 4.90 Å². The molecule has 0 unspecified atom stereocenters. The highest BCUT2D eigenvalue weighted by molar-refractivity contribution is 5.81. The monoisotopic (exact) mass is 419 g/mol. The van der Waals surface area contributed by atoms with Crippen LogP contribution in [0.25, 0.3) is 0 Å². The molecule has 0 saturated carbocycles. The predicted octanol–water partition coefficient (Wildman–Crippen LogP) is 2.74. The lowest BCUT2D eigenvalue weighted by Gasteiger charge is -2.32. The molecular weight excluding hydrogens is 390 g/mol. The van der Waals surface area contributed by atoms with Crippen molar-refractivity contribution in [3.8, 4) is 0 Å². The van der Waals surface area contributed by atoms with Gasteiger partial charge in [0, 0.05) is 57.0 Å². The van der Waals surface area contributed by atoms with Gasteiger partial charge in [-0.25, -0.2) is 9.97 Å². The summed E-state index contributed by atoms with van der Waals surface area (Å²) in [4.78, 5) is 28.8. The second-order valence-corrected chi connectivity index (χ2v) is 9.25. The van der Waals surface area contributed by atoms with Gasteiger partial charge >= 0.3 is 0 Å². The summed E-state index contributed by atoms with van der Waals surface area (Å²) in [7, 11) is 0. The molecule has 7 heteroatoms. The standard InChI is InChI=1S/C24H29N5O2/c30-22-13-21-24(29(22)17-20(31-24)19-7-3-1-4-8-19)9-12-28(21)16-18-14-25-23(26-15-18)27-10-5-2-6-11-27/h1,3-4,7-8,14-15,20-21H,2,5-6,9-13,16-17H2/t20-,21+,24-/m0/s1. The van der Waals surface area contributed by atoms with Crippen LogP contribution >= 0.6 is 0 Å². The minimum atomic E-state index is -0.480. The number of carbonyl (C=O) groups excluding carboxylic acids is 1. The quantitative estimate of drug-likeness (QED) is 0.760. The Morgan fingerprint density at radius 2 is 1.81 bits per heavy atom. The van der Waals surface area contributed by atoms with Gasteiger partial charge in [-0.15, -0.1) is 0 Å². The molecule has 7 nitrogen and oxygen atoms in total. The van der Waals surface area contributed by atoms with Crippen LogP contribution in [0.2, 0.25) is 0 Å². The molecule has 6 rings (SSSR count). The molecule has 1 amide bonds. The molecule has 3 atom stereocenters. The minimum Gasteiger partial charge on any atom is -0.344 e. The summed E-state index contributed by atoms with van der Waals surface area (Å²) in [6.07, 6.45) is 9.01. The molecule has 1 aromatic carbocycles. The van der Waals surface area contributed by atoms with E-state index in [0.29, 0.717) is 13.0 Å². The third kappa shape index (κ3) is 3.22. The van der Waals surface area contributed by atoms with E-state index in [2.05, 4.69) is 31.9 Å². The Hall–Kier alpha value is -2.51. The first-order valence-corrected chi connectivity index (χ1v) is 11.6. The summed E-state index contributed by atoms with van der Waals surface area (Å²) in [5.41, 5.74) is 1.77. The molecule has 4 aliphatic rings. The fourth-order valence-corrected chi connectivity index (χ4v) is 5.86. The number of nitrogens with zero attached hydrogens (tertiary/aromatic N) is 5. The highest BCUT2D eigenvalue weighted by Crippen LogP contribution is 2.50. The number of anilines is 1. The van der Waals surface area contributed by atoms with Gasteiger partial charge in [0.1, 0.15) is 6.10 Å². The molecule has 1 spiro atoms. The van der Waals surface area contributed by atoms with Gasteiger partial charge in [0.05, 0.1) is 12.6 Å². The van der Waals surface area contributed by atoms with E-state index in [-0.39, 0.29) is 18.1 Å². The van der Waals surface area contributed by atoms with Crippen LogP contribution in [0.3, 0.4) is 0 Å². The topological polar surface area (TPSA) is 61.8 Å². The number of rotatable bonds is 4. The van der Waals surface area contributed by atoms with Crippen molar-refractivity contribution in [1.82, 2.24) is 19.8 Å². The van der Waals surface area contributed by atoms with Crippen molar-refractivity contribution in [2.24, 2.45) is 0 Å². The summed E-state index contributed by atoms with van der Waals surface area (Å²) < 4.78 is 6.65. The molecule has 4 saturated heterocycles. The Balaban J connectivity index is 1.17. The molecule has 31 heavy (non-hydrogen) atoms. The number of benzene rings is 1. The molecule has 0 N–H and O–H groups in total. The van der Waals surface area contributed by atoms with Crippen LogP contribution in [0.1, 0.15) is 49.3 Å². The van der Waals surface area contributed by atoms with E-state index in [4.69, 9.17) is 4.74 Å². The lowest BCUT2D eigenvalue weighted by atomic mass is 10.1. The van der Waals surface area contributed by atoms with Gasteiger partial charge in [0.15, 0.2) is 5.72 Å². The average Bonchev–Trinajstić information content (AvgIpc) is 3.45. The zero-order valence-electron chi connectivity index (χ0n) is 17.8. The molecule has 1 aromatic heterocycles. The highest BCUT2D eigenvalue weighted by Gasteiger charge is 2.63. The largest absolute Gasteiger partial charge is 0.344 e. The zero-order valence-corrected chi connectivity index (χ0v) is 17.8. The number of hydrogen-bond donors (Lipinski definition) is 0. The highest BCUT2D eigenvalue weighted by atomic mass is 16.5. The van der Waals surface area contributed by atoms with Crippen molar-refractivity contribution in [3.05, 3.63) is 53.9 Å². The molecule has 0 radical (unpaired) electrons. The van der Waals surface area contributed by atoms with E-state index < -0.39 is 5.72 Å². The fourth-order valence-electron chi connectivity index (χ4n) is 5.86. The summed E-state index contributed by atoms with van der Waals surface area (Å²) in [6, 6.07) is 10.4. The Kier molecular flexibility index (Phi) is 4.69. The van der Waals surface area contributed by atoms with Gasteiger partial charge in [-0.3, -0.25) is 9.69 Å². The lowest BCUT2D eigenvalue weighted by molar-refractivity contribution is -0.138. The Labute approximate surface area is 183 Å². The molecule has 0 bridgehead atoms. The van der Waals surface area contributed by atoms with Gasteiger partial charge in [-0.05, 0) is 24.8 Å². The van der Waals surface area contributed by atoms with Gasteiger partial charge in [-0.2, -0.15) is 0 Å². The Bertz CT molecular complexity index is 946. The third-order valence-electron chi connectivity index (χ3n) is 7.43. The van der Waals surface area contributed by atoms with Crippen molar-refractivity contribution in [2.75, 3.05) is 31.1 Å². The van der Waals surface area contributed by atoms with Crippen LogP contribution in [-0.4, -0.2) is 63.6 Å². The van der Waals surface area contributed by atoms with E-state index in [9.17, 15) is 4.79 Å². The van der Waals surface area contributed by atoms with E-state index in [1.54, 1.807) is 0 Å². The van der Waals surface area contributed by atoms with Crippen molar-refractivity contribution < 1.29 is 9.53 Å². The SMILES string of the molecule is O=C1C[C@H]2N(Cc3cnc(N4CCCCC4)nc3)CC[C@]23O[C@H](c2ccccc2)CN13. The maximum atomic E-state index is 12.8. The summed E-state index contributed by atoms with van der Waals surface area (Å²) in [6.45, 7) is 4.43. The number of likely N-dealkylation sites (tertiary alicyclic amines) is 1. The van der Waals surface area contributed by atoms with Gasteiger partial charge in [-0.1, -0.05) is 30.3 Å². The molecule has 4 fully saturated rings. The third-order valence-corrected chi connectivity index (χ3v) is 7.43. The first-order chi connectivity index (χ1) is 15.2. The van der Waals surface area contributed by atoms with Gasteiger partial charge in [0.25, 0.3) is 0 Å². The van der Waals surface area contributed by atoms with Crippen LogP contribution in [-0.2, 0) is 16.1 Å². The summed E-state index contributed by atoms with van der Waals surface area (Å²) in [5.74, 6) is 1.05. The zero-order chi connectivity index (χ0) is 20.8. The van der Waals surface area contributed by atoms with E-state index in [1.165, 1.54) is 19.3 Å². The van der Waals surface area contributed by atoms with Crippen LogP contribution in [0.4, 0.5) is 5.95 Å². The van der Waals surface area contributed by atoms with Crippen molar-refractivity contribution >= 4 is 11.9 Å². The van der Waals surface area contributed by atoms with Gasteiger partial charge < -0.3 is 14.5 Å². The molecule has 0 aliphatic carbocycles. The van der Waals surface area contributed by atoms with Crippen LogP contribution in [0, 0.1) is 0 Å². The number of piperidine rings is 1. The van der Waals surface area contributed by atoms with E-state index in [1.807, 2.05) is 35.5 Å². The molecular formula is C24H29N5O2. The first-order valence-electron chi connectivity index (χ1n) is 11.6. The second kappa shape index (κ2) is 7.57. The summed E-state index contributed by atoms with van der Waals surface area (Å²) in [5, 5.41) is 0. The van der Waals surface area contributed by atoms with Crippen LogP contribution in [0.15, 0.2) is 42.7 Å². The van der Waals surface area contributed by atoms with Crippen molar-refractivity contribution in [1.29, 1.82) is 0 Å². The number of aromatic nitrogens is 2. The lowest BCUT2D eigenvalue weighted by Crippen LogP contribution is -2.47. The van der Waals surface area contributed by atoms with Crippen molar-refractivity contribution in [3.63, 3.8) is 0 Å². The smallest absolute Gasteiger partial charge is 0.226 e. The normalized spacial score (nSPS) is 30.6. The average molecular weight is 420 g/mol. The number of ether oxygens (including phenoxy) is 1. The maximum absolute atomic E-state index is 12.8. The Morgan fingerprint density at radius 1 is 1.03 bits per heavy atom. The predicted molar refractivity (Wildman–Crippen MR) is 116 cm³/mol. The fraction of sp³-hybridized carbons (Fsp3) is 0.542. The molecule has 4 aliphatic heterocycles. The van der Waals surface area contributed by atoms with Crippen molar-refractivity contribution in [2.45, 2.75) is 56.5 Å². The van der Waals surface area contributed by atoms with E-state index >= 15 is 0 Å². The molecule has 5 heterocycles.